The van der Waals surface area contributed by atoms with E-state index in [-0.39, 0.29) is 0 Å². The predicted octanol–water partition coefficient (Wildman–Crippen LogP) is 2.88. The van der Waals surface area contributed by atoms with Crippen LogP contribution in [-0.4, -0.2) is 17.5 Å². The van der Waals surface area contributed by atoms with Gasteiger partial charge in [-0.05, 0) is 43.7 Å². The molecule has 0 bridgehead atoms. The molecule has 0 heterocycles. The molecule has 0 spiro atoms. The molecule has 1 fully saturated rings. The van der Waals surface area contributed by atoms with Gasteiger partial charge < -0.3 is 11.1 Å². The smallest absolute Gasteiger partial charge is 0.0577 e. The van der Waals surface area contributed by atoms with Gasteiger partial charge >= 0.3 is 0 Å². The van der Waals surface area contributed by atoms with E-state index in [4.69, 9.17) is 5.73 Å². The van der Waals surface area contributed by atoms with Gasteiger partial charge in [0.2, 0.25) is 0 Å². The molecule has 0 saturated heterocycles. The lowest BCUT2D eigenvalue weighted by Crippen LogP contribution is -2.18. The molecule has 3 heteroatoms. The number of nitrogen functional groups attached to an aromatic ring is 1. The molecule has 0 unspecified atom stereocenters. The highest BCUT2D eigenvalue weighted by molar-refractivity contribution is 8.00. The molecule has 1 aromatic carbocycles. The van der Waals surface area contributed by atoms with Gasteiger partial charge in [0.25, 0.3) is 0 Å². The molecule has 15 heavy (non-hydrogen) atoms. The van der Waals surface area contributed by atoms with Gasteiger partial charge in [-0.15, -0.1) is 0 Å². The zero-order valence-electron chi connectivity index (χ0n) is 9.34. The minimum absolute atomic E-state index is 0.482. The number of nitrogens with one attached hydrogen (secondary N) is 1. The van der Waals surface area contributed by atoms with Gasteiger partial charge in [0.15, 0.2) is 0 Å². The molecule has 82 valence electrons. The molecule has 1 aliphatic carbocycles. The van der Waals surface area contributed by atoms with Crippen molar-refractivity contribution in [2.24, 2.45) is 0 Å². The normalized spacial score (nSPS) is 17.5. The van der Waals surface area contributed by atoms with Gasteiger partial charge in [-0.1, -0.05) is 6.07 Å². The van der Waals surface area contributed by atoms with Crippen molar-refractivity contribution in [1.82, 2.24) is 0 Å². The molecule has 0 aromatic heterocycles. The first kappa shape index (κ1) is 10.7. The Balaban J connectivity index is 2.01. The highest BCUT2D eigenvalue weighted by Gasteiger charge is 2.41. The van der Waals surface area contributed by atoms with Crippen LogP contribution < -0.4 is 11.1 Å². The third kappa shape index (κ3) is 2.40. The Bertz CT molecular complexity index is 359. The van der Waals surface area contributed by atoms with E-state index in [1.54, 1.807) is 0 Å². The number of hydrogen-bond donors (Lipinski definition) is 2. The number of thioether (sulfide) groups is 1. The lowest BCUT2D eigenvalue weighted by atomic mass is 10.2. The molecular formula is C12H18N2S. The summed E-state index contributed by atoms with van der Waals surface area (Å²) < 4.78 is 0.482. The molecule has 0 amide bonds. The van der Waals surface area contributed by atoms with Gasteiger partial charge in [-0.3, -0.25) is 0 Å². The van der Waals surface area contributed by atoms with Crippen molar-refractivity contribution in [2.75, 3.05) is 23.9 Å². The Morgan fingerprint density at radius 1 is 1.47 bits per heavy atom. The van der Waals surface area contributed by atoms with Crippen LogP contribution in [0.1, 0.15) is 18.4 Å². The SMILES string of the molecule is CSC1(CNc2cc(C)ccc2N)CC1. The van der Waals surface area contributed by atoms with Crippen LogP contribution >= 0.6 is 11.8 Å². The van der Waals surface area contributed by atoms with Crippen LogP contribution in [0.3, 0.4) is 0 Å². The van der Waals surface area contributed by atoms with Crippen molar-refractivity contribution in [2.45, 2.75) is 24.5 Å². The summed E-state index contributed by atoms with van der Waals surface area (Å²) in [4.78, 5) is 0. The summed E-state index contributed by atoms with van der Waals surface area (Å²) in [6.07, 6.45) is 4.84. The molecular weight excluding hydrogens is 204 g/mol. The van der Waals surface area contributed by atoms with E-state index in [0.29, 0.717) is 4.75 Å². The number of anilines is 2. The Kier molecular flexibility index (Phi) is 2.83. The lowest BCUT2D eigenvalue weighted by molar-refractivity contribution is 0.949. The molecule has 2 nitrogen and oxygen atoms in total. The second-order valence-corrected chi connectivity index (χ2v) is 5.61. The van der Waals surface area contributed by atoms with E-state index in [1.807, 2.05) is 23.9 Å². The topological polar surface area (TPSA) is 38.0 Å². The number of rotatable bonds is 4. The van der Waals surface area contributed by atoms with E-state index in [0.717, 1.165) is 17.9 Å². The number of benzene rings is 1. The summed E-state index contributed by atoms with van der Waals surface area (Å²) in [5, 5.41) is 3.46. The maximum Gasteiger partial charge on any atom is 0.0577 e. The predicted molar refractivity (Wildman–Crippen MR) is 69.6 cm³/mol. The maximum atomic E-state index is 5.91. The fourth-order valence-corrected chi connectivity index (χ4v) is 2.40. The molecule has 0 aliphatic heterocycles. The van der Waals surface area contributed by atoms with Crippen LogP contribution in [0.4, 0.5) is 11.4 Å². The third-order valence-electron chi connectivity index (χ3n) is 3.05. The van der Waals surface area contributed by atoms with Crippen molar-refractivity contribution in [3.05, 3.63) is 23.8 Å². The van der Waals surface area contributed by atoms with Crippen LogP contribution in [0.15, 0.2) is 18.2 Å². The molecule has 2 rings (SSSR count). The van der Waals surface area contributed by atoms with Gasteiger partial charge in [0, 0.05) is 11.3 Å². The number of aryl methyl sites for hydroxylation is 1. The summed E-state index contributed by atoms with van der Waals surface area (Å²) in [6, 6.07) is 6.13. The van der Waals surface area contributed by atoms with Crippen LogP contribution in [0.5, 0.6) is 0 Å². The van der Waals surface area contributed by atoms with Crippen LogP contribution in [0, 0.1) is 6.92 Å². The highest BCUT2D eigenvalue weighted by atomic mass is 32.2. The van der Waals surface area contributed by atoms with E-state index >= 15 is 0 Å². The molecule has 1 saturated carbocycles. The van der Waals surface area contributed by atoms with Crippen molar-refractivity contribution in [3.63, 3.8) is 0 Å². The van der Waals surface area contributed by atoms with Crippen LogP contribution in [0.2, 0.25) is 0 Å². The van der Waals surface area contributed by atoms with E-state index in [9.17, 15) is 0 Å². The fraction of sp³-hybridized carbons (Fsp3) is 0.500. The van der Waals surface area contributed by atoms with Gasteiger partial charge in [-0.2, -0.15) is 11.8 Å². The zero-order chi connectivity index (χ0) is 10.9. The van der Waals surface area contributed by atoms with Gasteiger partial charge in [-0.25, -0.2) is 0 Å². The molecule has 1 aliphatic rings. The standard InChI is InChI=1S/C12H18N2S/c1-9-3-4-10(13)11(7-9)14-8-12(15-2)5-6-12/h3-4,7,14H,5-6,8,13H2,1-2H3. The minimum atomic E-state index is 0.482. The van der Waals surface area contributed by atoms with E-state index in [2.05, 4.69) is 24.6 Å². The first-order valence-corrected chi connectivity index (χ1v) is 6.53. The Labute approximate surface area is 95.6 Å². The van der Waals surface area contributed by atoms with Crippen molar-refractivity contribution in [3.8, 4) is 0 Å². The van der Waals surface area contributed by atoms with Crippen molar-refractivity contribution < 1.29 is 0 Å². The van der Waals surface area contributed by atoms with Crippen molar-refractivity contribution >= 4 is 23.1 Å². The Morgan fingerprint density at radius 2 is 2.20 bits per heavy atom. The molecule has 0 atom stereocenters. The first-order chi connectivity index (χ1) is 7.15. The van der Waals surface area contributed by atoms with E-state index < -0.39 is 0 Å². The monoisotopic (exact) mass is 222 g/mol. The van der Waals surface area contributed by atoms with Crippen molar-refractivity contribution in [1.29, 1.82) is 0 Å². The second kappa shape index (κ2) is 3.97. The maximum absolute atomic E-state index is 5.91. The van der Waals surface area contributed by atoms with E-state index in [1.165, 1.54) is 18.4 Å². The summed E-state index contributed by atoms with van der Waals surface area (Å²) in [7, 11) is 0. The third-order valence-corrected chi connectivity index (χ3v) is 4.47. The summed E-state index contributed by atoms with van der Waals surface area (Å²) in [5.41, 5.74) is 9.09. The van der Waals surface area contributed by atoms with Crippen LogP contribution in [-0.2, 0) is 0 Å². The molecule has 1 aromatic rings. The van der Waals surface area contributed by atoms with Gasteiger partial charge in [0.1, 0.15) is 0 Å². The fourth-order valence-electron chi connectivity index (χ4n) is 1.67. The summed E-state index contributed by atoms with van der Waals surface area (Å²) >= 11 is 1.96. The lowest BCUT2D eigenvalue weighted by Gasteiger charge is -2.15. The minimum Gasteiger partial charge on any atom is -0.397 e. The average Bonchev–Trinajstić information content (AvgIpc) is 3.00. The second-order valence-electron chi connectivity index (χ2n) is 4.33. The largest absolute Gasteiger partial charge is 0.397 e. The first-order valence-electron chi connectivity index (χ1n) is 5.30. The summed E-state index contributed by atoms with van der Waals surface area (Å²) in [6.45, 7) is 3.12. The van der Waals surface area contributed by atoms with Gasteiger partial charge in [0.05, 0.1) is 11.4 Å². The quantitative estimate of drug-likeness (QED) is 0.769. The van der Waals surface area contributed by atoms with Crippen LogP contribution in [0.25, 0.3) is 0 Å². The summed E-state index contributed by atoms with van der Waals surface area (Å²) in [5.74, 6) is 0. The number of hydrogen-bond acceptors (Lipinski definition) is 3. The number of nitrogens with two attached hydrogens (primary N) is 1. The Hall–Kier alpha value is -0.830. The Morgan fingerprint density at radius 3 is 2.80 bits per heavy atom. The molecule has 3 N–H and O–H groups in total. The average molecular weight is 222 g/mol. The zero-order valence-corrected chi connectivity index (χ0v) is 10.2. The highest BCUT2D eigenvalue weighted by Crippen LogP contribution is 2.47. The molecule has 0 radical (unpaired) electrons.